The molecule has 2 heterocycles. The van der Waals surface area contributed by atoms with Gasteiger partial charge in [-0.25, -0.2) is 0 Å². The fourth-order valence-corrected chi connectivity index (χ4v) is 3.73. The zero-order chi connectivity index (χ0) is 16.4. The Bertz CT molecular complexity index is 620. The number of benzene rings is 1. The number of nitrogens with zero attached hydrogens (tertiary/aromatic N) is 2. The summed E-state index contributed by atoms with van der Waals surface area (Å²) in [4.78, 5) is 28.7. The molecule has 1 aromatic carbocycles. The van der Waals surface area contributed by atoms with Crippen molar-refractivity contribution >= 4 is 35.6 Å². The van der Waals surface area contributed by atoms with Gasteiger partial charge in [0, 0.05) is 37.4 Å². The van der Waals surface area contributed by atoms with Crippen LogP contribution in [-0.2, 0) is 16.0 Å². The van der Waals surface area contributed by atoms with Crippen LogP contribution in [0.1, 0.15) is 38.2 Å². The first-order valence-electron chi connectivity index (χ1n) is 8.58. The predicted octanol–water partition coefficient (Wildman–Crippen LogP) is 2.62. The van der Waals surface area contributed by atoms with E-state index in [1.165, 1.54) is 0 Å². The van der Waals surface area contributed by atoms with Gasteiger partial charge in [-0.05, 0) is 43.4 Å². The van der Waals surface area contributed by atoms with Gasteiger partial charge in [0.1, 0.15) is 0 Å². The SMILES string of the molecule is CCC(=O)N1CCCC(C(=O)N2CCCc3c(N)cccc32)C1.Cl. The number of hydrogen-bond acceptors (Lipinski definition) is 3. The molecule has 2 N–H and O–H groups in total. The van der Waals surface area contributed by atoms with Crippen LogP contribution in [0.3, 0.4) is 0 Å². The molecule has 0 spiro atoms. The fraction of sp³-hybridized carbons (Fsp3) is 0.556. The molecular weight excluding hydrogens is 326 g/mol. The smallest absolute Gasteiger partial charge is 0.231 e. The zero-order valence-electron chi connectivity index (χ0n) is 14.2. The summed E-state index contributed by atoms with van der Waals surface area (Å²) in [6.45, 7) is 3.95. The van der Waals surface area contributed by atoms with Gasteiger partial charge in [0.05, 0.1) is 5.92 Å². The van der Waals surface area contributed by atoms with Crippen molar-refractivity contribution in [3.63, 3.8) is 0 Å². The van der Waals surface area contributed by atoms with Crippen LogP contribution in [0.25, 0.3) is 0 Å². The van der Waals surface area contributed by atoms with Crippen LogP contribution in [0.4, 0.5) is 11.4 Å². The normalized spacial score (nSPS) is 20.1. The second kappa shape index (κ2) is 7.88. The van der Waals surface area contributed by atoms with E-state index in [0.29, 0.717) is 13.0 Å². The Kier molecular flexibility index (Phi) is 6.10. The van der Waals surface area contributed by atoms with Gasteiger partial charge in [0.15, 0.2) is 0 Å². The molecule has 1 aromatic rings. The monoisotopic (exact) mass is 351 g/mol. The van der Waals surface area contributed by atoms with Crippen LogP contribution in [0.5, 0.6) is 0 Å². The summed E-state index contributed by atoms with van der Waals surface area (Å²) in [5.41, 5.74) is 8.89. The Balaban J connectivity index is 0.00000208. The number of nitrogens with two attached hydrogens (primary N) is 1. The van der Waals surface area contributed by atoms with Gasteiger partial charge in [-0.3, -0.25) is 9.59 Å². The van der Waals surface area contributed by atoms with E-state index in [9.17, 15) is 9.59 Å². The summed E-state index contributed by atoms with van der Waals surface area (Å²) in [5, 5.41) is 0. The highest BCUT2D eigenvalue weighted by Gasteiger charge is 2.33. The van der Waals surface area contributed by atoms with Crippen molar-refractivity contribution in [1.29, 1.82) is 0 Å². The first-order chi connectivity index (χ1) is 11.1. The number of hydrogen-bond donors (Lipinski definition) is 1. The molecule has 2 aliphatic heterocycles. The van der Waals surface area contributed by atoms with E-state index in [1.54, 1.807) is 0 Å². The minimum Gasteiger partial charge on any atom is -0.398 e. The number of fused-ring (bicyclic) bond motifs is 1. The molecule has 5 nitrogen and oxygen atoms in total. The Morgan fingerprint density at radius 2 is 2.04 bits per heavy atom. The molecule has 1 atom stereocenters. The summed E-state index contributed by atoms with van der Waals surface area (Å²) in [6, 6.07) is 5.79. The average molecular weight is 352 g/mol. The number of likely N-dealkylation sites (tertiary alicyclic amines) is 1. The minimum atomic E-state index is -0.0911. The Hall–Kier alpha value is -1.75. The maximum absolute atomic E-state index is 13.0. The summed E-state index contributed by atoms with van der Waals surface area (Å²) in [5.74, 6) is 0.197. The van der Waals surface area contributed by atoms with Gasteiger partial charge in [0.2, 0.25) is 11.8 Å². The first kappa shape index (κ1) is 18.6. The number of nitrogen functional groups attached to an aromatic ring is 1. The molecule has 1 unspecified atom stereocenters. The number of carbonyl (C=O) groups excluding carboxylic acids is 2. The molecule has 0 saturated carbocycles. The topological polar surface area (TPSA) is 66.6 Å². The predicted molar refractivity (Wildman–Crippen MR) is 98.4 cm³/mol. The third-order valence-corrected chi connectivity index (χ3v) is 4.98. The van der Waals surface area contributed by atoms with Crippen molar-refractivity contribution in [2.24, 2.45) is 5.92 Å². The van der Waals surface area contributed by atoms with Crippen molar-refractivity contribution in [3.05, 3.63) is 23.8 Å². The standard InChI is InChI=1S/C18H25N3O2.ClH/c1-2-17(22)20-10-4-6-13(12-20)18(23)21-11-5-7-14-15(19)8-3-9-16(14)21;/h3,8-9,13H,2,4-7,10-12,19H2,1H3;1H. The summed E-state index contributed by atoms with van der Waals surface area (Å²) in [6.07, 6.45) is 4.14. The van der Waals surface area contributed by atoms with E-state index in [-0.39, 0.29) is 30.1 Å². The molecule has 1 fully saturated rings. The van der Waals surface area contributed by atoms with Gasteiger partial charge in [0.25, 0.3) is 0 Å². The van der Waals surface area contributed by atoms with Crippen molar-refractivity contribution in [1.82, 2.24) is 4.90 Å². The highest BCUT2D eigenvalue weighted by Crippen LogP contribution is 2.33. The number of rotatable bonds is 2. The second-order valence-corrected chi connectivity index (χ2v) is 6.47. The second-order valence-electron chi connectivity index (χ2n) is 6.47. The van der Waals surface area contributed by atoms with Gasteiger partial charge < -0.3 is 15.5 Å². The van der Waals surface area contributed by atoms with E-state index < -0.39 is 0 Å². The summed E-state index contributed by atoms with van der Waals surface area (Å²) >= 11 is 0. The van der Waals surface area contributed by atoms with Crippen LogP contribution in [0.2, 0.25) is 0 Å². The largest absolute Gasteiger partial charge is 0.398 e. The molecule has 24 heavy (non-hydrogen) atoms. The van der Waals surface area contributed by atoms with Crippen molar-refractivity contribution in [2.75, 3.05) is 30.3 Å². The highest BCUT2D eigenvalue weighted by atomic mass is 35.5. The first-order valence-corrected chi connectivity index (χ1v) is 8.58. The maximum atomic E-state index is 13.0. The Morgan fingerprint density at radius 3 is 2.79 bits per heavy atom. The van der Waals surface area contributed by atoms with E-state index >= 15 is 0 Å². The molecule has 0 radical (unpaired) electrons. The van der Waals surface area contributed by atoms with E-state index in [2.05, 4.69) is 0 Å². The van der Waals surface area contributed by atoms with Crippen LogP contribution in [-0.4, -0.2) is 36.3 Å². The van der Waals surface area contributed by atoms with E-state index in [4.69, 9.17) is 5.73 Å². The summed E-state index contributed by atoms with van der Waals surface area (Å²) < 4.78 is 0. The third-order valence-electron chi connectivity index (χ3n) is 4.98. The lowest BCUT2D eigenvalue weighted by atomic mass is 9.93. The lowest BCUT2D eigenvalue weighted by Crippen LogP contribution is -2.48. The van der Waals surface area contributed by atoms with Crippen LogP contribution < -0.4 is 10.6 Å². The average Bonchev–Trinajstić information content (AvgIpc) is 2.60. The van der Waals surface area contributed by atoms with Crippen molar-refractivity contribution < 1.29 is 9.59 Å². The molecule has 2 amide bonds. The Morgan fingerprint density at radius 1 is 1.25 bits per heavy atom. The van der Waals surface area contributed by atoms with Gasteiger partial charge in [-0.15, -0.1) is 12.4 Å². The van der Waals surface area contributed by atoms with E-state index in [1.807, 2.05) is 34.9 Å². The molecule has 0 aromatic heterocycles. The zero-order valence-corrected chi connectivity index (χ0v) is 15.0. The number of anilines is 2. The summed E-state index contributed by atoms with van der Waals surface area (Å²) in [7, 11) is 0. The number of amides is 2. The molecule has 132 valence electrons. The third kappa shape index (κ3) is 3.51. The van der Waals surface area contributed by atoms with Gasteiger partial charge >= 0.3 is 0 Å². The molecule has 0 aliphatic carbocycles. The van der Waals surface area contributed by atoms with Gasteiger partial charge in [-0.1, -0.05) is 13.0 Å². The van der Waals surface area contributed by atoms with Crippen LogP contribution in [0, 0.1) is 5.92 Å². The number of halogens is 1. The van der Waals surface area contributed by atoms with E-state index in [0.717, 1.165) is 55.7 Å². The molecule has 1 saturated heterocycles. The van der Waals surface area contributed by atoms with Crippen LogP contribution in [0.15, 0.2) is 18.2 Å². The lowest BCUT2D eigenvalue weighted by Gasteiger charge is -2.37. The van der Waals surface area contributed by atoms with Crippen molar-refractivity contribution in [2.45, 2.75) is 39.0 Å². The number of carbonyl (C=O) groups is 2. The molecule has 3 rings (SSSR count). The minimum absolute atomic E-state index is 0. The number of piperidine rings is 1. The van der Waals surface area contributed by atoms with Crippen molar-refractivity contribution in [3.8, 4) is 0 Å². The molecular formula is C18H26ClN3O2. The Labute approximate surface area is 149 Å². The van der Waals surface area contributed by atoms with Gasteiger partial charge in [-0.2, -0.15) is 0 Å². The molecule has 2 aliphatic rings. The van der Waals surface area contributed by atoms with Crippen LogP contribution >= 0.6 is 12.4 Å². The molecule has 0 bridgehead atoms. The quantitative estimate of drug-likeness (QED) is 0.833. The highest BCUT2D eigenvalue weighted by molar-refractivity contribution is 5.97. The molecule has 6 heteroatoms. The fourth-order valence-electron chi connectivity index (χ4n) is 3.73. The maximum Gasteiger partial charge on any atom is 0.231 e. The lowest BCUT2D eigenvalue weighted by molar-refractivity contribution is -0.134.